The van der Waals surface area contributed by atoms with Gasteiger partial charge in [0.15, 0.2) is 0 Å². The first kappa shape index (κ1) is 15.7. The molecule has 19 heavy (non-hydrogen) atoms. The second-order valence-corrected chi connectivity index (χ2v) is 4.73. The lowest BCUT2D eigenvalue weighted by Crippen LogP contribution is -2.25. The first-order valence-corrected chi connectivity index (χ1v) is 7.04. The molecule has 0 aliphatic carbocycles. The quantitative estimate of drug-likeness (QED) is 0.719. The van der Waals surface area contributed by atoms with Crippen LogP contribution in [-0.4, -0.2) is 36.3 Å². The fourth-order valence-electron chi connectivity index (χ4n) is 1.91. The molecular weight excluding hydrogens is 240 g/mol. The molecule has 0 amide bonds. The van der Waals surface area contributed by atoms with E-state index in [0.29, 0.717) is 18.6 Å². The topological polar surface area (TPSA) is 59.1 Å². The molecule has 2 N–H and O–H groups in total. The summed E-state index contributed by atoms with van der Waals surface area (Å²) in [6, 6.07) is 2.26. The number of nitrogens with zero attached hydrogens (tertiary/aromatic N) is 2. The van der Waals surface area contributed by atoms with E-state index >= 15 is 0 Å². The standard InChI is InChI=1S/C14H26N4O/c1-5-7-12(10-19-4)17-13-9-11(3)16-14(18-13)15-8-6-2/h9,12H,5-8,10H2,1-4H3,(H2,15,16,17,18). The monoisotopic (exact) mass is 266 g/mol. The van der Waals surface area contributed by atoms with E-state index in [9.17, 15) is 0 Å². The summed E-state index contributed by atoms with van der Waals surface area (Å²) in [5.74, 6) is 1.55. The lowest BCUT2D eigenvalue weighted by Gasteiger charge is -2.18. The number of aryl methyl sites for hydroxylation is 1. The highest BCUT2D eigenvalue weighted by Crippen LogP contribution is 2.12. The third-order valence-electron chi connectivity index (χ3n) is 2.74. The summed E-state index contributed by atoms with van der Waals surface area (Å²) in [7, 11) is 1.73. The predicted molar refractivity (Wildman–Crippen MR) is 79.7 cm³/mol. The Morgan fingerprint density at radius 2 is 2.05 bits per heavy atom. The van der Waals surface area contributed by atoms with Gasteiger partial charge in [0.25, 0.3) is 0 Å². The first-order chi connectivity index (χ1) is 9.19. The van der Waals surface area contributed by atoms with Gasteiger partial charge in [-0.3, -0.25) is 0 Å². The smallest absolute Gasteiger partial charge is 0.224 e. The lowest BCUT2D eigenvalue weighted by molar-refractivity contribution is 0.182. The molecule has 0 aliphatic heterocycles. The van der Waals surface area contributed by atoms with Crippen LogP contribution >= 0.6 is 0 Å². The van der Waals surface area contributed by atoms with Crippen molar-refractivity contribution in [3.05, 3.63) is 11.8 Å². The van der Waals surface area contributed by atoms with Gasteiger partial charge in [-0.15, -0.1) is 0 Å². The molecule has 0 saturated heterocycles. The fraction of sp³-hybridized carbons (Fsp3) is 0.714. The van der Waals surface area contributed by atoms with E-state index < -0.39 is 0 Å². The number of aromatic nitrogens is 2. The normalized spacial score (nSPS) is 12.2. The maximum Gasteiger partial charge on any atom is 0.224 e. The maximum atomic E-state index is 5.23. The van der Waals surface area contributed by atoms with E-state index in [1.807, 2.05) is 13.0 Å². The van der Waals surface area contributed by atoms with Crippen LogP contribution in [0.2, 0.25) is 0 Å². The number of rotatable bonds is 9. The molecule has 1 unspecified atom stereocenters. The summed E-state index contributed by atoms with van der Waals surface area (Å²) in [4.78, 5) is 8.86. The predicted octanol–water partition coefficient (Wildman–Crippen LogP) is 2.83. The van der Waals surface area contributed by atoms with Gasteiger partial charge in [0.1, 0.15) is 5.82 Å². The third kappa shape index (κ3) is 5.87. The van der Waals surface area contributed by atoms with Gasteiger partial charge in [0.05, 0.1) is 12.6 Å². The Kier molecular flexibility index (Phi) is 7.18. The van der Waals surface area contributed by atoms with Gasteiger partial charge in [0, 0.05) is 25.4 Å². The molecule has 1 aromatic rings. The van der Waals surface area contributed by atoms with Crippen LogP contribution in [0.4, 0.5) is 11.8 Å². The van der Waals surface area contributed by atoms with Crippen molar-refractivity contribution in [3.63, 3.8) is 0 Å². The average Bonchev–Trinajstić information content (AvgIpc) is 2.36. The maximum absolute atomic E-state index is 5.23. The SMILES string of the molecule is CCCNc1nc(C)cc(NC(CCC)COC)n1. The van der Waals surface area contributed by atoms with Crippen LogP contribution in [-0.2, 0) is 4.74 Å². The highest BCUT2D eigenvalue weighted by Gasteiger charge is 2.09. The van der Waals surface area contributed by atoms with Crippen molar-refractivity contribution in [2.45, 2.75) is 46.1 Å². The number of nitrogens with one attached hydrogen (secondary N) is 2. The molecule has 0 radical (unpaired) electrons. The molecule has 5 nitrogen and oxygen atoms in total. The summed E-state index contributed by atoms with van der Waals surface area (Å²) < 4.78 is 5.23. The van der Waals surface area contributed by atoms with Crippen LogP contribution in [0.25, 0.3) is 0 Å². The Labute approximate surface area is 116 Å². The summed E-state index contributed by atoms with van der Waals surface area (Å²) in [6.07, 6.45) is 3.24. The minimum absolute atomic E-state index is 0.295. The lowest BCUT2D eigenvalue weighted by atomic mass is 10.2. The van der Waals surface area contributed by atoms with Gasteiger partial charge >= 0.3 is 0 Å². The van der Waals surface area contributed by atoms with E-state index in [0.717, 1.165) is 37.3 Å². The van der Waals surface area contributed by atoms with E-state index in [1.165, 1.54) is 0 Å². The van der Waals surface area contributed by atoms with Crippen molar-refractivity contribution in [3.8, 4) is 0 Å². The summed E-state index contributed by atoms with van der Waals surface area (Å²) in [5, 5.41) is 6.64. The van der Waals surface area contributed by atoms with Crippen LogP contribution in [0.1, 0.15) is 38.8 Å². The molecule has 0 aliphatic rings. The highest BCUT2D eigenvalue weighted by molar-refractivity contribution is 5.42. The van der Waals surface area contributed by atoms with Crippen molar-refractivity contribution < 1.29 is 4.74 Å². The zero-order chi connectivity index (χ0) is 14.1. The average molecular weight is 266 g/mol. The summed E-state index contributed by atoms with van der Waals surface area (Å²) in [5.41, 5.74) is 0.962. The van der Waals surface area contributed by atoms with Gasteiger partial charge in [-0.25, -0.2) is 4.98 Å². The molecule has 5 heteroatoms. The van der Waals surface area contributed by atoms with Crippen LogP contribution in [0.5, 0.6) is 0 Å². The van der Waals surface area contributed by atoms with Gasteiger partial charge < -0.3 is 15.4 Å². The Balaban J connectivity index is 2.72. The van der Waals surface area contributed by atoms with Gasteiger partial charge in [-0.1, -0.05) is 20.3 Å². The van der Waals surface area contributed by atoms with Gasteiger partial charge in [0.2, 0.25) is 5.95 Å². The Morgan fingerprint density at radius 1 is 1.26 bits per heavy atom. The highest BCUT2D eigenvalue weighted by atomic mass is 16.5. The van der Waals surface area contributed by atoms with Gasteiger partial charge in [-0.2, -0.15) is 4.98 Å². The first-order valence-electron chi connectivity index (χ1n) is 7.04. The second kappa shape index (κ2) is 8.69. The summed E-state index contributed by atoms with van der Waals surface area (Å²) >= 11 is 0. The molecule has 0 aromatic carbocycles. The van der Waals surface area contributed by atoms with Crippen molar-refractivity contribution >= 4 is 11.8 Å². The van der Waals surface area contributed by atoms with Crippen molar-refractivity contribution in [1.82, 2.24) is 9.97 Å². The molecule has 0 spiro atoms. The molecule has 0 bridgehead atoms. The number of hydrogen-bond acceptors (Lipinski definition) is 5. The van der Waals surface area contributed by atoms with Crippen LogP contribution in [0.3, 0.4) is 0 Å². The summed E-state index contributed by atoms with van der Waals surface area (Å²) in [6.45, 7) is 7.85. The minimum Gasteiger partial charge on any atom is -0.383 e. The van der Waals surface area contributed by atoms with Crippen LogP contribution in [0, 0.1) is 6.92 Å². The van der Waals surface area contributed by atoms with E-state index in [2.05, 4.69) is 34.4 Å². The molecule has 1 heterocycles. The van der Waals surface area contributed by atoms with E-state index in [1.54, 1.807) is 7.11 Å². The Morgan fingerprint density at radius 3 is 2.68 bits per heavy atom. The Bertz CT molecular complexity index is 364. The van der Waals surface area contributed by atoms with Crippen molar-refractivity contribution in [2.24, 2.45) is 0 Å². The van der Waals surface area contributed by atoms with Crippen LogP contribution in [0.15, 0.2) is 6.07 Å². The molecule has 0 fully saturated rings. The molecule has 0 saturated carbocycles. The van der Waals surface area contributed by atoms with Gasteiger partial charge in [-0.05, 0) is 19.8 Å². The van der Waals surface area contributed by atoms with E-state index in [-0.39, 0.29) is 0 Å². The van der Waals surface area contributed by atoms with Crippen molar-refractivity contribution in [1.29, 1.82) is 0 Å². The second-order valence-electron chi connectivity index (χ2n) is 4.73. The molecule has 1 rings (SSSR count). The largest absolute Gasteiger partial charge is 0.383 e. The van der Waals surface area contributed by atoms with Crippen LogP contribution < -0.4 is 10.6 Å². The Hall–Kier alpha value is -1.36. The molecule has 1 aromatic heterocycles. The molecule has 108 valence electrons. The zero-order valence-electron chi connectivity index (χ0n) is 12.5. The zero-order valence-corrected chi connectivity index (χ0v) is 12.5. The molecule has 1 atom stereocenters. The number of methoxy groups -OCH3 is 1. The number of anilines is 2. The van der Waals surface area contributed by atoms with E-state index in [4.69, 9.17) is 4.74 Å². The number of ether oxygens (including phenoxy) is 1. The van der Waals surface area contributed by atoms with Crippen molar-refractivity contribution in [2.75, 3.05) is 30.9 Å². The molecular formula is C14H26N4O. The minimum atomic E-state index is 0.295. The number of hydrogen-bond donors (Lipinski definition) is 2. The third-order valence-corrected chi connectivity index (χ3v) is 2.74. The fourth-order valence-corrected chi connectivity index (χ4v) is 1.91.